The van der Waals surface area contributed by atoms with E-state index in [1.54, 1.807) is 5.57 Å². The molecular weight excluding hydrogens is 230 g/mol. The van der Waals surface area contributed by atoms with E-state index >= 15 is 0 Å². The highest BCUT2D eigenvalue weighted by atomic mass is 14.6. The summed E-state index contributed by atoms with van der Waals surface area (Å²) in [6.07, 6.45) is 10.2. The molecule has 0 aliphatic carbocycles. The molecule has 0 saturated heterocycles. The van der Waals surface area contributed by atoms with E-state index in [1.165, 1.54) is 36.6 Å². The van der Waals surface area contributed by atoms with Gasteiger partial charge in [0.05, 0.1) is 5.52 Å². The topological polar surface area (TPSA) is 12.9 Å². The molecule has 19 heavy (non-hydrogen) atoms. The largest absolute Gasteiger partial charge is 0.256 e. The van der Waals surface area contributed by atoms with E-state index in [4.69, 9.17) is 0 Å². The zero-order valence-corrected chi connectivity index (χ0v) is 12.0. The fraction of sp³-hybridized carbons (Fsp3) is 0.389. The molecule has 100 valence electrons. The molecular formula is C18H23N. The zero-order chi connectivity index (χ0) is 13.5. The van der Waals surface area contributed by atoms with E-state index in [1.807, 2.05) is 12.3 Å². The molecule has 0 aliphatic rings. The SMILES string of the molecule is CCC/C=C(\CCC)Cc1cccc2cccnc12. The lowest BCUT2D eigenvalue weighted by atomic mass is 9.98. The van der Waals surface area contributed by atoms with Crippen molar-refractivity contribution in [2.45, 2.75) is 46.0 Å². The average Bonchev–Trinajstić information content (AvgIpc) is 2.45. The zero-order valence-electron chi connectivity index (χ0n) is 12.0. The van der Waals surface area contributed by atoms with E-state index in [-0.39, 0.29) is 0 Å². The molecule has 0 aliphatic heterocycles. The minimum Gasteiger partial charge on any atom is -0.256 e. The van der Waals surface area contributed by atoms with Gasteiger partial charge in [-0.3, -0.25) is 4.98 Å². The second kappa shape index (κ2) is 7.08. The van der Waals surface area contributed by atoms with Crippen LogP contribution in [0.25, 0.3) is 10.9 Å². The second-order valence-corrected chi connectivity index (χ2v) is 5.07. The Morgan fingerprint density at radius 3 is 2.74 bits per heavy atom. The summed E-state index contributed by atoms with van der Waals surface area (Å²) >= 11 is 0. The van der Waals surface area contributed by atoms with Crippen molar-refractivity contribution in [2.24, 2.45) is 0 Å². The molecule has 0 N–H and O–H groups in total. The first kappa shape index (κ1) is 13.8. The summed E-state index contributed by atoms with van der Waals surface area (Å²) < 4.78 is 0. The number of fused-ring (bicyclic) bond motifs is 1. The smallest absolute Gasteiger partial charge is 0.0737 e. The van der Waals surface area contributed by atoms with Gasteiger partial charge in [0.25, 0.3) is 0 Å². The number of para-hydroxylation sites is 1. The molecule has 2 rings (SSSR count). The van der Waals surface area contributed by atoms with E-state index in [0.29, 0.717) is 0 Å². The molecule has 1 aromatic carbocycles. The molecule has 1 heterocycles. The first-order valence-electron chi connectivity index (χ1n) is 7.35. The monoisotopic (exact) mass is 253 g/mol. The number of rotatable bonds is 6. The molecule has 0 bridgehead atoms. The van der Waals surface area contributed by atoms with Gasteiger partial charge in [-0.05, 0) is 30.9 Å². The van der Waals surface area contributed by atoms with E-state index in [9.17, 15) is 0 Å². The molecule has 0 fully saturated rings. The van der Waals surface area contributed by atoms with Crippen molar-refractivity contribution in [3.05, 3.63) is 53.7 Å². The Labute approximate surface area is 116 Å². The van der Waals surface area contributed by atoms with Crippen LogP contribution in [-0.4, -0.2) is 4.98 Å². The van der Waals surface area contributed by atoms with Gasteiger partial charge in [-0.1, -0.05) is 62.6 Å². The van der Waals surface area contributed by atoms with Gasteiger partial charge in [-0.25, -0.2) is 0 Å². The Balaban J connectivity index is 2.28. The molecule has 0 radical (unpaired) electrons. The summed E-state index contributed by atoms with van der Waals surface area (Å²) in [5.41, 5.74) is 4.07. The lowest BCUT2D eigenvalue weighted by molar-refractivity contribution is 0.847. The summed E-state index contributed by atoms with van der Waals surface area (Å²) in [5.74, 6) is 0. The Kier molecular flexibility index (Phi) is 5.14. The van der Waals surface area contributed by atoms with E-state index < -0.39 is 0 Å². The number of pyridine rings is 1. The number of nitrogens with zero attached hydrogens (tertiary/aromatic N) is 1. The minimum atomic E-state index is 1.04. The maximum atomic E-state index is 4.55. The van der Waals surface area contributed by atoms with E-state index in [2.05, 4.69) is 49.2 Å². The van der Waals surface area contributed by atoms with Gasteiger partial charge in [0, 0.05) is 11.6 Å². The third-order valence-corrected chi connectivity index (χ3v) is 3.43. The first-order chi connectivity index (χ1) is 9.35. The van der Waals surface area contributed by atoms with Crippen molar-refractivity contribution in [2.75, 3.05) is 0 Å². The van der Waals surface area contributed by atoms with Gasteiger partial charge in [-0.15, -0.1) is 0 Å². The van der Waals surface area contributed by atoms with Crippen LogP contribution in [0.1, 0.15) is 45.1 Å². The predicted octanol–water partition coefficient (Wildman–Crippen LogP) is 5.30. The number of benzene rings is 1. The molecule has 0 amide bonds. The van der Waals surface area contributed by atoms with Crippen molar-refractivity contribution in [1.29, 1.82) is 0 Å². The van der Waals surface area contributed by atoms with Gasteiger partial charge >= 0.3 is 0 Å². The van der Waals surface area contributed by atoms with Gasteiger partial charge in [0.1, 0.15) is 0 Å². The van der Waals surface area contributed by atoms with Crippen LogP contribution in [0.2, 0.25) is 0 Å². The third-order valence-electron chi connectivity index (χ3n) is 3.43. The number of aromatic nitrogens is 1. The Morgan fingerprint density at radius 1 is 1.11 bits per heavy atom. The van der Waals surface area contributed by atoms with Crippen molar-refractivity contribution in [3.63, 3.8) is 0 Å². The molecule has 1 heteroatoms. The standard InChI is InChI=1S/C18H23N/c1-3-5-9-15(8-4-2)14-17-11-6-10-16-12-7-13-19-18(16)17/h6-7,9-13H,3-5,8,14H2,1-2H3/b15-9+. The number of hydrogen-bond donors (Lipinski definition) is 0. The lowest BCUT2D eigenvalue weighted by Crippen LogP contribution is -1.94. The molecule has 0 atom stereocenters. The molecule has 0 saturated carbocycles. The Morgan fingerprint density at radius 2 is 1.95 bits per heavy atom. The van der Waals surface area contributed by atoms with Crippen LogP contribution in [0, 0.1) is 0 Å². The van der Waals surface area contributed by atoms with E-state index in [0.717, 1.165) is 11.9 Å². The summed E-state index contributed by atoms with van der Waals surface area (Å²) in [4.78, 5) is 4.55. The van der Waals surface area contributed by atoms with Gasteiger partial charge in [0.15, 0.2) is 0 Å². The van der Waals surface area contributed by atoms with Gasteiger partial charge in [0.2, 0.25) is 0 Å². The van der Waals surface area contributed by atoms with Crippen LogP contribution >= 0.6 is 0 Å². The fourth-order valence-corrected chi connectivity index (χ4v) is 2.49. The normalized spacial score (nSPS) is 12.0. The van der Waals surface area contributed by atoms with Crippen LogP contribution < -0.4 is 0 Å². The van der Waals surface area contributed by atoms with Crippen LogP contribution in [-0.2, 0) is 6.42 Å². The highest BCUT2D eigenvalue weighted by Crippen LogP contribution is 2.21. The second-order valence-electron chi connectivity index (χ2n) is 5.07. The van der Waals surface area contributed by atoms with Crippen LogP contribution in [0.3, 0.4) is 0 Å². The number of unbranched alkanes of at least 4 members (excludes halogenated alkanes) is 1. The Bertz CT molecular complexity index is 549. The Hall–Kier alpha value is -1.63. The number of allylic oxidation sites excluding steroid dienone is 2. The minimum absolute atomic E-state index is 1.04. The predicted molar refractivity (Wildman–Crippen MR) is 83.3 cm³/mol. The van der Waals surface area contributed by atoms with Crippen LogP contribution in [0.5, 0.6) is 0 Å². The van der Waals surface area contributed by atoms with Crippen LogP contribution in [0.4, 0.5) is 0 Å². The molecule has 1 nitrogen and oxygen atoms in total. The maximum Gasteiger partial charge on any atom is 0.0737 e. The van der Waals surface area contributed by atoms with Crippen molar-refractivity contribution < 1.29 is 0 Å². The maximum absolute atomic E-state index is 4.55. The lowest BCUT2D eigenvalue weighted by Gasteiger charge is -2.09. The summed E-state index contributed by atoms with van der Waals surface area (Å²) in [6, 6.07) is 10.6. The van der Waals surface area contributed by atoms with Gasteiger partial charge in [-0.2, -0.15) is 0 Å². The van der Waals surface area contributed by atoms with Crippen molar-refractivity contribution in [1.82, 2.24) is 4.98 Å². The molecule has 0 unspecified atom stereocenters. The van der Waals surface area contributed by atoms with Gasteiger partial charge < -0.3 is 0 Å². The fourth-order valence-electron chi connectivity index (χ4n) is 2.49. The summed E-state index contributed by atoms with van der Waals surface area (Å²) in [5, 5.41) is 1.24. The highest BCUT2D eigenvalue weighted by Gasteiger charge is 2.04. The third kappa shape index (κ3) is 3.66. The average molecular weight is 253 g/mol. The quantitative estimate of drug-likeness (QED) is 0.636. The van der Waals surface area contributed by atoms with Crippen molar-refractivity contribution >= 4 is 10.9 Å². The molecule has 0 spiro atoms. The first-order valence-corrected chi connectivity index (χ1v) is 7.35. The van der Waals surface area contributed by atoms with Crippen LogP contribution in [0.15, 0.2) is 48.2 Å². The summed E-state index contributed by atoms with van der Waals surface area (Å²) in [7, 11) is 0. The molecule has 2 aromatic rings. The highest BCUT2D eigenvalue weighted by molar-refractivity contribution is 5.81. The number of hydrogen-bond acceptors (Lipinski definition) is 1. The summed E-state index contributed by atoms with van der Waals surface area (Å²) in [6.45, 7) is 4.49. The van der Waals surface area contributed by atoms with Crippen molar-refractivity contribution in [3.8, 4) is 0 Å². The molecule has 1 aromatic heterocycles.